The molecule has 0 fully saturated rings. The van der Waals surface area contributed by atoms with E-state index in [1.807, 2.05) is 6.92 Å². The number of nitrogens with zero attached hydrogens (tertiary/aromatic N) is 2. The van der Waals surface area contributed by atoms with E-state index >= 15 is 0 Å². The number of rotatable bonds is 4. The Bertz CT molecular complexity index is 607. The molecule has 5 heteroatoms. The summed E-state index contributed by atoms with van der Waals surface area (Å²) in [5.74, 6) is 0.667. The van der Waals surface area contributed by atoms with E-state index in [0.29, 0.717) is 23.1 Å². The summed E-state index contributed by atoms with van der Waals surface area (Å²) >= 11 is 0. The van der Waals surface area contributed by atoms with Crippen molar-refractivity contribution in [3.8, 4) is 5.75 Å². The summed E-state index contributed by atoms with van der Waals surface area (Å²) in [5.41, 5.74) is 0.455. The lowest BCUT2D eigenvalue weighted by Gasteiger charge is -2.10. The fourth-order valence-electron chi connectivity index (χ4n) is 1.75. The Kier molecular flexibility index (Phi) is 3.62. The smallest absolute Gasteiger partial charge is 0.261 e. The van der Waals surface area contributed by atoms with Crippen molar-refractivity contribution in [1.29, 1.82) is 0 Å². The number of aliphatic hydroxyl groups is 1. The molecule has 2 rings (SSSR count). The lowest BCUT2D eigenvalue weighted by molar-refractivity contribution is 0.148. The van der Waals surface area contributed by atoms with Gasteiger partial charge in [0.25, 0.3) is 5.56 Å². The average Bonchev–Trinajstić information content (AvgIpc) is 2.41. The van der Waals surface area contributed by atoms with Gasteiger partial charge in [0.15, 0.2) is 0 Å². The second-order valence-corrected chi connectivity index (χ2v) is 4.15. The van der Waals surface area contributed by atoms with Crippen LogP contribution in [0.2, 0.25) is 0 Å². The normalized spacial score (nSPS) is 12.6. The standard InChI is InChI=1S/C13H16N2O3/c1-3-9(16)7-15-8-14-12-6-10(18-2)4-5-11(12)13(15)17/h4-6,8-9,16H,3,7H2,1-2H3/t9-/m1/s1. The molecule has 0 unspecified atom stereocenters. The first-order valence-corrected chi connectivity index (χ1v) is 5.87. The van der Waals surface area contributed by atoms with Crippen LogP contribution in [0.5, 0.6) is 5.75 Å². The molecule has 0 saturated heterocycles. The average molecular weight is 248 g/mol. The van der Waals surface area contributed by atoms with E-state index in [9.17, 15) is 9.90 Å². The van der Waals surface area contributed by atoms with Gasteiger partial charge in [-0.2, -0.15) is 0 Å². The molecule has 1 atom stereocenters. The van der Waals surface area contributed by atoms with Gasteiger partial charge in [-0.1, -0.05) is 6.92 Å². The van der Waals surface area contributed by atoms with E-state index < -0.39 is 6.10 Å². The molecule has 1 N–H and O–H groups in total. The molecule has 96 valence electrons. The molecule has 0 radical (unpaired) electrons. The van der Waals surface area contributed by atoms with Gasteiger partial charge in [0.2, 0.25) is 0 Å². The lowest BCUT2D eigenvalue weighted by Crippen LogP contribution is -2.26. The zero-order chi connectivity index (χ0) is 13.1. The summed E-state index contributed by atoms with van der Waals surface area (Å²) in [6, 6.07) is 5.14. The van der Waals surface area contributed by atoms with Crippen LogP contribution in [-0.2, 0) is 6.54 Å². The van der Waals surface area contributed by atoms with E-state index in [1.54, 1.807) is 25.3 Å². The lowest BCUT2D eigenvalue weighted by atomic mass is 10.2. The van der Waals surface area contributed by atoms with E-state index in [0.717, 1.165) is 0 Å². The molecule has 2 aromatic rings. The number of methoxy groups -OCH3 is 1. The summed E-state index contributed by atoms with van der Waals surface area (Å²) in [6.07, 6.45) is 1.54. The van der Waals surface area contributed by atoms with Gasteiger partial charge in [-0.3, -0.25) is 9.36 Å². The number of fused-ring (bicyclic) bond motifs is 1. The Labute approximate surface area is 105 Å². The van der Waals surface area contributed by atoms with Crippen molar-refractivity contribution < 1.29 is 9.84 Å². The van der Waals surface area contributed by atoms with Crippen LogP contribution in [0.1, 0.15) is 13.3 Å². The highest BCUT2D eigenvalue weighted by molar-refractivity contribution is 5.78. The second-order valence-electron chi connectivity index (χ2n) is 4.15. The van der Waals surface area contributed by atoms with Gasteiger partial charge in [-0.15, -0.1) is 0 Å². The second kappa shape index (κ2) is 5.18. The minimum absolute atomic E-state index is 0.143. The molecule has 0 saturated carbocycles. The van der Waals surface area contributed by atoms with Crippen LogP contribution in [0, 0.1) is 0 Å². The predicted molar refractivity (Wildman–Crippen MR) is 68.9 cm³/mol. The van der Waals surface area contributed by atoms with Crippen LogP contribution in [0.3, 0.4) is 0 Å². The SMILES string of the molecule is CC[C@@H](O)Cn1cnc2cc(OC)ccc2c1=O. The molecule has 5 nitrogen and oxygen atoms in total. The molecule has 0 spiro atoms. The van der Waals surface area contributed by atoms with Crippen molar-refractivity contribution in [2.75, 3.05) is 7.11 Å². The first-order chi connectivity index (χ1) is 8.65. The van der Waals surface area contributed by atoms with Crippen LogP contribution < -0.4 is 10.3 Å². The van der Waals surface area contributed by atoms with E-state index in [2.05, 4.69) is 4.98 Å². The van der Waals surface area contributed by atoms with Crippen molar-refractivity contribution in [1.82, 2.24) is 9.55 Å². The summed E-state index contributed by atoms with van der Waals surface area (Å²) in [7, 11) is 1.57. The van der Waals surface area contributed by atoms with E-state index in [-0.39, 0.29) is 12.1 Å². The Morgan fingerprint density at radius 2 is 2.28 bits per heavy atom. The molecule has 18 heavy (non-hydrogen) atoms. The minimum atomic E-state index is -0.528. The fourth-order valence-corrected chi connectivity index (χ4v) is 1.75. The third kappa shape index (κ3) is 2.36. The number of hydrogen-bond acceptors (Lipinski definition) is 4. The molecule has 1 aromatic heterocycles. The molecule has 0 amide bonds. The first-order valence-electron chi connectivity index (χ1n) is 5.87. The van der Waals surface area contributed by atoms with E-state index in [1.165, 1.54) is 10.9 Å². The number of aliphatic hydroxyl groups excluding tert-OH is 1. The van der Waals surface area contributed by atoms with Crippen molar-refractivity contribution in [3.63, 3.8) is 0 Å². The van der Waals surface area contributed by atoms with Crippen molar-refractivity contribution in [2.45, 2.75) is 26.0 Å². The molecular formula is C13H16N2O3. The number of aromatic nitrogens is 2. The molecular weight excluding hydrogens is 232 g/mol. The highest BCUT2D eigenvalue weighted by Crippen LogP contribution is 2.15. The third-order valence-corrected chi connectivity index (χ3v) is 2.91. The largest absolute Gasteiger partial charge is 0.497 e. The van der Waals surface area contributed by atoms with Crippen LogP contribution in [0.25, 0.3) is 10.9 Å². The molecule has 0 bridgehead atoms. The summed E-state index contributed by atoms with van der Waals surface area (Å²) in [6.45, 7) is 2.14. The Balaban J connectivity index is 2.48. The van der Waals surface area contributed by atoms with Crippen LogP contribution in [0.15, 0.2) is 29.3 Å². The molecule has 0 aliphatic rings. The van der Waals surface area contributed by atoms with Gasteiger partial charge < -0.3 is 9.84 Å². The number of ether oxygens (including phenoxy) is 1. The molecule has 0 aliphatic carbocycles. The van der Waals surface area contributed by atoms with Gasteiger partial charge in [0, 0.05) is 6.07 Å². The molecule has 0 aliphatic heterocycles. The Morgan fingerprint density at radius 1 is 1.50 bits per heavy atom. The highest BCUT2D eigenvalue weighted by atomic mass is 16.5. The van der Waals surface area contributed by atoms with Crippen molar-refractivity contribution >= 4 is 10.9 Å². The van der Waals surface area contributed by atoms with Crippen LogP contribution >= 0.6 is 0 Å². The van der Waals surface area contributed by atoms with Crippen molar-refractivity contribution in [3.05, 3.63) is 34.9 Å². The topological polar surface area (TPSA) is 64.3 Å². The highest BCUT2D eigenvalue weighted by Gasteiger charge is 2.08. The summed E-state index contributed by atoms with van der Waals surface area (Å²) < 4.78 is 6.52. The van der Waals surface area contributed by atoms with Gasteiger partial charge in [-0.25, -0.2) is 4.98 Å². The van der Waals surface area contributed by atoms with Gasteiger partial charge in [0.05, 0.1) is 37.0 Å². The number of benzene rings is 1. The van der Waals surface area contributed by atoms with Gasteiger partial charge in [-0.05, 0) is 18.6 Å². The third-order valence-electron chi connectivity index (χ3n) is 2.91. The van der Waals surface area contributed by atoms with Gasteiger partial charge in [0.1, 0.15) is 5.75 Å². The molecule has 1 heterocycles. The predicted octanol–water partition coefficient (Wildman–Crippen LogP) is 1.18. The minimum Gasteiger partial charge on any atom is -0.497 e. The first kappa shape index (κ1) is 12.6. The monoisotopic (exact) mass is 248 g/mol. The maximum absolute atomic E-state index is 12.2. The maximum atomic E-state index is 12.2. The Hall–Kier alpha value is -1.88. The summed E-state index contributed by atoms with van der Waals surface area (Å²) in [4.78, 5) is 16.4. The van der Waals surface area contributed by atoms with E-state index in [4.69, 9.17) is 4.74 Å². The zero-order valence-electron chi connectivity index (χ0n) is 10.5. The molecule has 1 aromatic carbocycles. The maximum Gasteiger partial charge on any atom is 0.261 e. The summed E-state index contributed by atoms with van der Waals surface area (Å²) in [5, 5.41) is 10.1. The number of hydrogen-bond donors (Lipinski definition) is 1. The van der Waals surface area contributed by atoms with Gasteiger partial charge >= 0.3 is 0 Å². The quantitative estimate of drug-likeness (QED) is 0.882. The van der Waals surface area contributed by atoms with Crippen molar-refractivity contribution in [2.24, 2.45) is 0 Å². The van der Waals surface area contributed by atoms with Crippen LogP contribution in [0.4, 0.5) is 0 Å². The Morgan fingerprint density at radius 3 is 2.94 bits per heavy atom. The zero-order valence-corrected chi connectivity index (χ0v) is 10.5. The van der Waals surface area contributed by atoms with Crippen LogP contribution in [-0.4, -0.2) is 27.9 Å². The fraction of sp³-hybridized carbons (Fsp3) is 0.385.